The first-order valence-electron chi connectivity index (χ1n) is 5.17. The van der Waals surface area contributed by atoms with Gasteiger partial charge in [-0.2, -0.15) is 0 Å². The monoisotopic (exact) mass is 198 g/mol. The van der Waals surface area contributed by atoms with Crippen LogP contribution in [0, 0.1) is 5.82 Å². The van der Waals surface area contributed by atoms with E-state index in [4.69, 9.17) is 8.48 Å². The highest BCUT2D eigenvalue weighted by molar-refractivity contribution is 5.80. The summed E-state index contributed by atoms with van der Waals surface area (Å²) in [4.78, 5) is 11.2. The maximum atomic E-state index is 13.3. The minimum Gasteiger partial charge on any atom is -0.351 e. The van der Waals surface area contributed by atoms with Crippen molar-refractivity contribution >= 4 is 5.91 Å². The molecule has 0 heterocycles. The first kappa shape index (κ1) is 7.94. The van der Waals surface area contributed by atoms with Crippen LogP contribution in [0.4, 0.5) is 4.39 Å². The third kappa shape index (κ3) is 2.81. The standard InChI is InChI=1S/C10H13FN2O/c1-7(12)10(14)13-6-8-4-2-3-5-9(8)11/h2-5,7H,6,12H2,1H3,(H,13,14)/t7-/m1/s1/i6D2. The van der Waals surface area contributed by atoms with E-state index in [0.29, 0.717) is 0 Å². The fourth-order valence-corrected chi connectivity index (χ4v) is 0.805. The van der Waals surface area contributed by atoms with E-state index in [1.807, 2.05) is 5.32 Å². The van der Waals surface area contributed by atoms with E-state index in [1.165, 1.54) is 25.1 Å². The summed E-state index contributed by atoms with van der Waals surface area (Å²) in [6.07, 6.45) is 0. The van der Waals surface area contributed by atoms with Crippen LogP contribution in [0.3, 0.4) is 0 Å². The van der Waals surface area contributed by atoms with Crippen molar-refractivity contribution in [3.05, 3.63) is 35.6 Å². The highest BCUT2D eigenvalue weighted by Gasteiger charge is 2.07. The lowest BCUT2D eigenvalue weighted by molar-refractivity contribution is -0.122. The molecule has 4 heteroatoms. The molecule has 0 radical (unpaired) electrons. The summed E-state index contributed by atoms with van der Waals surface area (Å²) < 4.78 is 28.5. The molecule has 0 saturated carbocycles. The number of hydrogen-bond acceptors (Lipinski definition) is 2. The van der Waals surface area contributed by atoms with Crippen molar-refractivity contribution in [2.75, 3.05) is 0 Å². The van der Waals surface area contributed by atoms with Gasteiger partial charge in [0.25, 0.3) is 0 Å². The van der Waals surface area contributed by atoms with E-state index < -0.39 is 24.3 Å². The molecule has 76 valence electrons. The van der Waals surface area contributed by atoms with Gasteiger partial charge in [-0.3, -0.25) is 4.79 Å². The van der Waals surface area contributed by atoms with Crippen LogP contribution < -0.4 is 11.1 Å². The molecule has 0 aliphatic heterocycles. The fourth-order valence-electron chi connectivity index (χ4n) is 0.805. The zero-order valence-electron chi connectivity index (χ0n) is 9.75. The second-order valence-electron chi connectivity index (χ2n) is 2.88. The Morgan fingerprint density at radius 1 is 1.71 bits per heavy atom. The number of nitrogens with two attached hydrogens (primary N) is 1. The van der Waals surface area contributed by atoms with Gasteiger partial charge in [-0.25, -0.2) is 4.39 Å². The number of nitrogens with one attached hydrogen (secondary N) is 1. The Kier molecular flexibility index (Phi) is 2.67. The molecule has 1 rings (SSSR count). The Balaban J connectivity index is 2.94. The average Bonchev–Trinajstić information content (AvgIpc) is 2.17. The van der Waals surface area contributed by atoms with Gasteiger partial charge in [0.05, 0.1) is 8.78 Å². The molecule has 0 aliphatic carbocycles. The molecule has 0 unspecified atom stereocenters. The average molecular weight is 198 g/mol. The molecule has 1 amide bonds. The molecule has 1 aromatic carbocycles. The zero-order valence-corrected chi connectivity index (χ0v) is 7.75. The molecule has 14 heavy (non-hydrogen) atoms. The summed E-state index contributed by atoms with van der Waals surface area (Å²) in [6, 6.07) is 4.50. The largest absolute Gasteiger partial charge is 0.351 e. The minimum atomic E-state index is -2.27. The SMILES string of the molecule is [2H]C([2H])(NC(=O)[C@@H](C)N)c1ccccc1F. The minimum absolute atomic E-state index is 0.219. The van der Waals surface area contributed by atoms with Gasteiger partial charge >= 0.3 is 0 Å². The molecule has 0 aromatic heterocycles. The van der Waals surface area contributed by atoms with Gasteiger partial charge in [-0.1, -0.05) is 18.2 Å². The van der Waals surface area contributed by atoms with Crippen molar-refractivity contribution in [2.24, 2.45) is 5.73 Å². The smallest absolute Gasteiger partial charge is 0.236 e. The van der Waals surface area contributed by atoms with Gasteiger partial charge < -0.3 is 11.1 Å². The van der Waals surface area contributed by atoms with Gasteiger partial charge in [0, 0.05) is 12.1 Å². The molecule has 3 nitrogen and oxygen atoms in total. The first-order chi connectivity index (χ1) is 7.34. The van der Waals surface area contributed by atoms with Crippen molar-refractivity contribution in [1.29, 1.82) is 0 Å². The molecule has 1 aromatic rings. The molecule has 0 saturated heterocycles. The summed E-state index contributed by atoms with van der Waals surface area (Å²) in [7, 11) is 0. The van der Waals surface area contributed by atoms with E-state index in [2.05, 4.69) is 0 Å². The first-order valence-corrected chi connectivity index (χ1v) is 4.17. The molecule has 0 bridgehead atoms. The van der Waals surface area contributed by atoms with Crippen LogP contribution in [0.5, 0.6) is 0 Å². The Morgan fingerprint density at radius 2 is 2.36 bits per heavy atom. The van der Waals surface area contributed by atoms with E-state index in [-0.39, 0.29) is 5.56 Å². The van der Waals surface area contributed by atoms with E-state index in [0.717, 1.165) is 6.07 Å². The predicted molar refractivity (Wildman–Crippen MR) is 51.9 cm³/mol. The number of amides is 1. The van der Waals surface area contributed by atoms with Crippen molar-refractivity contribution < 1.29 is 11.9 Å². The van der Waals surface area contributed by atoms with Crippen LogP contribution >= 0.6 is 0 Å². The maximum absolute atomic E-state index is 13.3. The quantitative estimate of drug-likeness (QED) is 0.754. The number of hydrogen-bond donors (Lipinski definition) is 2. The maximum Gasteiger partial charge on any atom is 0.236 e. The van der Waals surface area contributed by atoms with Crippen molar-refractivity contribution in [2.45, 2.75) is 19.5 Å². The van der Waals surface area contributed by atoms with Gasteiger partial charge in [0.15, 0.2) is 0 Å². The summed E-state index contributed by atoms with van der Waals surface area (Å²) in [6.45, 7) is -0.844. The molecule has 0 aliphatic rings. The van der Waals surface area contributed by atoms with Gasteiger partial charge in [0.2, 0.25) is 5.91 Å². The number of halogens is 1. The van der Waals surface area contributed by atoms with Crippen LogP contribution in [-0.2, 0) is 11.3 Å². The number of carbonyl (C=O) groups excluding carboxylic acids is 1. The third-order valence-corrected chi connectivity index (χ3v) is 1.61. The Hall–Kier alpha value is -1.42. The normalized spacial score (nSPS) is 15.4. The summed E-state index contributed by atoms with van der Waals surface area (Å²) in [5.74, 6) is -1.38. The van der Waals surface area contributed by atoms with Crippen molar-refractivity contribution in [3.8, 4) is 0 Å². The Labute approximate surface area is 84.9 Å². The van der Waals surface area contributed by atoms with Crippen molar-refractivity contribution in [3.63, 3.8) is 0 Å². The highest BCUT2D eigenvalue weighted by Crippen LogP contribution is 2.05. The molecular weight excluding hydrogens is 183 g/mol. The van der Waals surface area contributed by atoms with Crippen LogP contribution in [0.25, 0.3) is 0 Å². The summed E-state index contributed by atoms with van der Waals surface area (Å²) in [5, 5.41) is 2.04. The van der Waals surface area contributed by atoms with Crippen LogP contribution in [0.2, 0.25) is 0 Å². The van der Waals surface area contributed by atoms with E-state index in [1.54, 1.807) is 0 Å². The molecule has 3 N–H and O–H groups in total. The number of rotatable bonds is 3. The van der Waals surface area contributed by atoms with E-state index >= 15 is 0 Å². The van der Waals surface area contributed by atoms with Crippen molar-refractivity contribution in [1.82, 2.24) is 5.32 Å². The zero-order chi connectivity index (χ0) is 12.3. The van der Waals surface area contributed by atoms with E-state index in [9.17, 15) is 9.18 Å². The number of benzene rings is 1. The molecular formula is C10H13FN2O. The van der Waals surface area contributed by atoms with Crippen LogP contribution in [0.1, 0.15) is 15.2 Å². The predicted octanol–water partition coefficient (Wildman–Crippen LogP) is 0.789. The fraction of sp³-hybridized carbons (Fsp3) is 0.300. The third-order valence-electron chi connectivity index (χ3n) is 1.61. The van der Waals surface area contributed by atoms with Crippen LogP contribution in [-0.4, -0.2) is 11.9 Å². The Morgan fingerprint density at radius 3 is 2.93 bits per heavy atom. The molecule has 0 fully saturated rings. The highest BCUT2D eigenvalue weighted by atomic mass is 19.1. The topological polar surface area (TPSA) is 55.1 Å². The van der Waals surface area contributed by atoms with Gasteiger partial charge in [-0.15, -0.1) is 0 Å². The lowest BCUT2D eigenvalue weighted by Crippen LogP contribution is -2.37. The number of carbonyl (C=O) groups is 1. The van der Waals surface area contributed by atoms with Gasteiger partial charge in [0.1, 0.15) is 5.82 Å². The second kappa shape index (κ2) is 4.72. The summed E-state index contributed by atoms with van der Waals surface area (Å²) in [5.41, 5.74) is 5.07. The van der Waals surface area contributed by atoms with Crippen LogP contribution in [0.15, 0.2) is 24.3 Å². The summed E-state index contributed by atoms with van der Waals surface area (Å²) >= 11 is 0. The lowest BCUT2D eigenvalue weighted by atomic mass is 10.2. The van der Waals surface area contributed by atoms with Gasteiger partial charge in [-0.05, 0) is 13.0 Å². The molecule has 0 spiro atoms. The Bertz CT molecular complexity index is 396. The molecule has 1 atom stereocenters. The lowest BCUT2D eigenvalue weighted by Gasteiger charge is -2.07. The second-order valence-corrected chi connectivity index (χ2v) is 2.88.